The fraction of sp³-hybridized carbons (Fsp3) is 0.667. The zero-order valence-electron chi connectivity index (χ0n) is 13.6. The van der Waals surface area contributed by atoms with E-state index < -0.39 is 17.9 Å². The lowest BCUT2D eigenvalue weighted by Crippen LogP contribution is -2.43. The van der Waals surface area contributed by atoms with Gasteiger partial charge in [0.1, 0.15) is 0 Å². The van der Waals surface area contributed by atoms with Gasteiger partial charge in [-0.2, -0.15) is 0 Å². The van der Waals surface area contributed by atoms with Crippen LogP contribution in [0.5, 0.6) is 0 Å². The number of aliphatic carboxylic acids is 1. The van der Waals surface area contributed by atoms with E-state index in [2.05, 4.69) is 38.3 Å². The molecular formula is C15H26N2O4. The van der Waals surface area contributed by atoms with E-state index in [9.17, 15) is 14.4 Å². The highest BCUT2D eigenvalue weighted by molar-refractivity contribution is 6.07. The van der Waals surface area contributed by atoms with Crippen molar-refractivity contribution in [2.24, 2.45) is 17.8 Å². The normalized spacial score (nSPS) is 12.4. The number of amides is 3. The highest BCUT2D eigenvalue weighted by Gasteiger charge is 2.19. The molecule has 0 fully saturated rings. The summed E-state index contributed by atoms with van der Waals surface area (Å²) in [6, 6.07) is -0.608. The molecule has 0 aliphatic heterocycles. The van der Waals surface area contributed by atoms with Gasteiger partial charge >= 0.3 is 12.0 Å². The Morgan fingerprint density at radius 2 is 1.43 bits per heavy atom. The van der Waals surface area contributed by atoms with E-state index in [1.54, 1.807) is 0 Å². The molecule has 21 heavy (non-hydrogen) atoms. The Bertz CT molecular complexity index is 431. The van der Waals surface area contributed by atoms with Gasteiger partial charge in [-0.25, -0.2) is 9.59 Å². The van der Waals surface area contributed by atoms with Crippen molar-refractivity contribution in [3.63, 3.8) is 0 Å². The molecule has 0 saturated carbocycles. The molecule has 0 aromatic carbocycles. The fourth-order valence-electron chi connectivity index (χ4n) is 2.02. The summed E-state index contributed by atoms with van der Waals surface area (Å²) in [4.78, 5) is 34.2. The summed E-state index contributed by atoms with van der Waals surface area (Å²) >= 11 is 0. The largest absolute Gasteiger partial charge is 0.478 e. The Hall–Kier alpha value is -1.85. The van der Waals surface area contributed by atoms with Crippen LogP contribution in [0.2, 0.25) is 0 Å². The van der Waals surface area contributed by atoms with Crippen LogP contribution in [-0.2, 0) is 9.59 Å². The zero-order chi connectivity index (χ0) is 16.7. The fourth-order valence-corrected chi connectivity index (χ4v) is 2.02. The van der Waals surface area contributed by atoms with Crippen molar-refractivity contribution in [3.05, 3.63) is 11.1 Å². The van der Waals surface area contributed by atoms with Crippen molar-refractivity contribution in [2.75, 3.05) is 6.54 Å². The molecule has 0 aromatic heterocycles. The molecule has 6 heteroatoms. The Kier molecular flexibility index (Phi) is 7.70. The van der Waals surface area contributed by atoms with Crippen LogP contribution >= 0.6 is 0 Å². The van der Waals surface area contributed by atoms with Crippen LogP contribution in [0, 0.1) is 17.8 Å². The van der Waals surface area contributed by atoms with Crippen molar-refractivity contribution in [3.8, 4) is 0 Å². The molecule has 0 aliphatic carbocycles. The molecule has 0 aliphatic rings. The maximum atomic E-state index is 11.7. The third kappa shape index (κ3) is 6.42. The first-order valence-corrected chi connectivity index (χ1v) is 7.07. The highest BCUT2D eigenvalue weighted by Crippen LogP contribution is 2.19. The van der Waals surface area contributed by atoms with Crippen molar-refractivity contribution in [1.82, 2.24) is 10.6 Å². The lowest BCUT2D eigenvalue weighted by atomic mass is 9.85. The maximum Gasteiger partial charge on any atom is 0.331 e. The lowest BCUT2D eigenvalue weighted by Gasteiger charge is -2.25. The van der Waals surface area contributed by atoms with E-state index in [-0.39, 0.29) is 11.1 Å². The summed E-state index contributed by atoms with van der Waals surface area (Å²) < 4.78 is 0. The minimum absolute atomic E-state index is 0.0157. The number of imide groups is 1. The van der Waals surface area contributed by atoms with Gasteiger partial charge in [-0.3, -0.25) is 10.1 Å². The summed E-state index contributed by atoms with van der Waals surface area (Å²) in [7, 11) is 0. The summed E-state index contributed by atoms with van der Waals surface area (Å²) in [5.41, 5.74) is -0.0653. The molecule has 0 radical (unpaired) electrons. The molecule has 0 spiro atoms. The van der Waals surface area contributed by atoms with Crippen LogP contribution in [-0.4, -0.2) is 29.6 Å². The third-order valence-corrected chi connectivity index (χ3v) is 3.66. The molecule has 0 heterocycles. The van der Waals surface area contributed by atoms with E-state index >= 15 is 0 Å². The van der Waals surface area contributed by atoms with Crippen LogP contribution in [0.1, 0.15) is 41.5 Å². The zero-order valence-corrected chi connectivity index (χ0v) is 13.6. The van der Waals surface area contributed by atoms with E-state index in [1.165, 1.54) is 13.8 Å². The van der Waals surface area contributed by atoms with Crippen molar-refractivity contribution < 1.29 is 19.5 Å². The van der Waals surface area contributed by atoms with Gasteiger partial charge in [0.25, 0.3) is 5.91 Å². The molecule has 3 N–H and O–H groups in total. The number of carbonyl (C=O) groups excluding carboxylic acids is 2. The molecule has 3 amide bonds. The molecule has 120 valence electrons. The van der Waals surface area contributed by atoms with Crippen LogP contribution in [0.3, 0.4) is 0 Å². The van der Waals surface area contributed by atoms with Gasteiger partial charge in [0.15, 0.2) is 0 Å². The monoisotopic (exact) mass is 298 g/mol. The Morgan fingerprint density at radius 1 is 0.952 bits per heavy atom. The molecule has 0 rings (SSSR count). The van der Waals surface area contributed by atoms with E-state index in [4.69, 9.17) is 5.11 Å². The highest BCUT2D eigenvalue weighted by atomic mass is 16.4. The second-order valence-electron chi connectivity index (χ2n) is 5.87. The van der Waals surface area contributed by atoms with Gasteiger partial charge in [-0.1, -0.05) is 27.7 Å². The molecule has 6 nitrogen and oxygen atoms in total. The summed E-state index contributed by atoms with van der Waals surface area (Å²) in [6.07, 6.45) is 0. The predicted molar refractivity (Wildman–Crippen MR) is 80.7 cm³/mol. The molecule has 0 aromatic rings. The van der Waals surface area contributed by atoms with Gasteiger partial charge < -0.3 is 10.4 Å². The quantitative estimate of drug-likeness (QED) is 0.655. The topological polar surface area (TPSA) is 95.5 Å². The SMILES string of the molecule is CC(C(=O)O)=C(C)C(=O)NC(=O)NCC(C(C)C)C(C)C. The number of hydrogen-bond acceptors (Lipinski definition) is 3. The van der Waals surface area contributed by atoms with Crippen LogP contribution in [0.25, 0.3) is 0 Å². The Balaban J connectivity index is 4.55. The van der Waals surface area contributed by atoms with Crippen LogP contribution < -0.4 is 10.6 Å². The maximum absolute atomic E-state index is 11.7. The predicted octanol–water partition coefficient (Wildman–Crippen LogP) is 2.16. The van der Waals surface area contributed by atoms with Gasteiger partial charge in [0, 0.05) is 17.7 Å². The average molecular weight is 298 g/mol. The first kappa shape index (κ1) is 19.1. The third-order valence-electron chi connectivity index (χ3n) is 3.66. The van der Waals surface area contributed by atoms with Crippen molar-refractivity contribution >= 4 is 17.9 Å². The van der Waals surface area contributed by atoms with Gasteiger partial charge in [0.05, 0.1) is 0 Å². The van der Waals surface area contributed by atoms with Crippen molar-refractivity contribution in [1.29, 1.82) is 0 Å². The summed E-state index contributed by atoms with van der Waals surface area (Å²) in [5, 5.41) is 13.6. The summed E-state index contributed by atoms with van der Waals surface area (Å²) in [6.45, 7) is 11.5. The van der Waals surface area contributed by atoms with E-state index in [0.29, 0.717) is 24.3 Å². The molecule has 0 atom stereocenters. The second kappa shape index (κ2) is 8.44. The number of carbonyl (C=O) groups is 3. The van der Waals surface area contributed by atoms with Gasteiger partial charge in [-0.15, -0.1) is 0 Å². The van der Waals surface area contributed by atoms with E-state index in [0.717, 1.165) is 0 Å². The lowest BCUT2D eigenvalue weighted by molar-refractivity contribution is -0.133. The Labute approximate surface area is 126 Å². The average Bonchev–Trinajstić information content (AvgIpc) is 2.35. The number of urea groups is 1. The number of rotatable bonds is 6. The van der Waals surface area contributed by atoms with Crippen LogP contribution in [0.15, 0.2) is 11.1 Å². The molecule has 0 bridgehead atoms. The molecule has 0 saturated heterocycles. The number of carboxylic acids is 1. The van der Waals surface area contributed by atoms with Gasteiger partial charge in [0.2, 0.25) is 0 Å². The van der Waals surface area contributed by atoms with Crippen LogP contribution in [0.4, 0.5) is 4.79 Å². The summed E-state index contributed by atoms with van der Waals surface area (Å²) in [5.74, 6) is -0.738. The minimum Gasteiger partial charge on any atom is -0.478 e. The van der Waals surface area contributed by atoms with Gasteiger partial charge in [-0.05, 0) is 31.6 Å². The van der Waals surface area contributed by atoms with E-state index in [1.807, 2.05) is 0 Å². The number of hydrogen-bond donors (Lipinski definition) is 3. The smallest absolute Gasteiger partial charge is 0.331 e. The number of nitrogens with one attached hydrogen (secondary N) is 2. The second-order valence-corrected chi connectivity index (χ2v) is 5.87. The molecule has 0 unspecified atom stereocenters. The molecular weight excluding hydrogens is 272 g/mol. The Morgan fingerprint density at radius 3 is 1.81 bits per heavy atom. The first-order chi connectivity index (χ1) is 9.57. The standard InChI is InChI=1S/C15H26N2O4/c1-8(2)12(9(3)4)7-16-15(21)17-13(18)10(5)11(6)14(19)20/h8-9,12H,7H2,1-6H3,(H,19,20)(H2,16,17,18,21). The first-order valence-electron chi connectivity index (χ1n) is 7.07. The van der Waals surface area contributed by atoms with Crippen molar-refractivity contribution in [2.45, 2.75) is 41.5 Å². The minimum atomic E-state index is -1.18. The number of carboxylic acid groups (broad SMARTS) is 1.